The fourth-order valence-corrected chi connectivity index (χ4v) is 8.16. The molecule has 0 saturated carbocycles. The van der Waals surface area contributed by atoms with Crippen molar-refractivity contribution >= 4 is 45.0 Å². The summed E-state index contributed by atoms with van der Waals surface area (Å²) in [6.45, 7) is 10.3. The van der Waals surface area contributed by atoms with Crippen molar-refractivity contribution in [1.82, 2.24) is 15.3 Å². The number of anilines is 1. The van der Waals surface area contributed by atoms with E-state index in [9.17, 15) is 13.8 Å². The van der Waals surface area contributed by atoms with E-state index < -0.39 is 48.7 Å². The Morgan fingerprint density at radius 3 is 2.58 bits per heavy atom. The van der Waals surface area contributed by atoms with Crippen LogP contribution in [0, 0.1) is 17.1 Å². The molecule has 2 amide bonds. The highest BCUT2D eigenvalue weighted by atomic mass is 35.5. The summed E-state index contributed by atoms with van der Waals surface area (Å²) in [7, 11) is -3.10. The number of hydrogen-bond donors (Lipinski definition) is 2. The van der Waals surface area contributed by atoms with Crippen molar-refractivity contribution in [2.75, 3.05) is 11.9 Å². The zero-order valence-electron chi connectivity index (χ0n) is 22.8. The zero-order chi connectivity index (χ0) is 29.7. The molecule has 14 heteroatoms. The lowest BCUT2D eigenvalue weighted by molar-refractivity contribution is 0.0560. The molecule has 4 heterocycles. The normalized spacial score (nSPS) is 25.1. The van der Waals surface area contributed by atoms with Gasteiger partial charge in [-0.25, -0.2) is 27.7 Å². The highest BCUT2D eigenvalue weighted by Crippen LogP contribution is 2.47. The molecule has 0 fully saturated rings. The first-order valence-electron chi connectivity index (χ1n) is 12.4. The zero-order valence-corrected chi connectivity index (χ0v) is 24.4. The van der Waals surface area contributed by atoms with E-state index in [0.29, 0.717) is 6.42 Å². The van der Waals surface area contributed by atoms with E-state index in [-0.39, 0.29) is 40.2 Å². The van der Waals surface area contributed by atoms with Gasteiger partial charge < -0.3 is 10.1 Å². The van der Waals surface area contributed by atoms with Crippen molar-refractivity contribution in [3.05, 3.63) is 52.2 Å². The van der Waals surface area contributed by atoms with Crippen LogP contribution in [0.5, 0.6) is 0 Å². The van der Waals surface area contributed by atoms with Gasteiger partial charge in [-0.3, -0.25) is 15.1 Å². The number of nitriles is 1. The van der Waals surface area contributed by atoms with Gasteiger partial charge in [0.15, 0.2) is 0 Å². The number of amides is 2. The Kier molecular flexibility index (Phi) is 7.40. The second-order valence-corrected chi connectivity index (χ2v) is 14.5. The number of ether oxygens (including phenoxy) is 1. The third kappa shape index (κ3) is 5.13. The molecular formula is C26H29ClFN7O4S. The molecular weight excluding hydrogens is 561 g/mol. The van der Waals surface area contributed by atoms with Crippen molar-refractivity contribution in [1.29, 1.82) is 5.26 Å². The first kappa shape index (κ1) is 29.4. The van der Waals surface area contributed by atoms with Crippen LogP contribution in [0.4, 0.5) is 15.0 Å². The van der Waals surface area contributed by atoms with Crippen LogP contribution in [0.2, 0.25) is 5.02 Å². The van der Waals surface area contributed by atoms with E-state index in [1.165, 1.54) is 18.3 Å². The van der Waals surface area contributed by atoms with Gasteiger partial charge in [-0.1, -0.05) is 11.6 Å². The molecule has 3 atom stereocenters. The van der Waals surface area contributed by atoms with Gasteiger partial charge in [0.05, 0.1) is 25.6 Å². The Labute approximate surface area is 236 Å². The number of alkyl carbamates (subject to hydrolysis) is 1. The van der Waals surface area contributed by atoms with E-state index in [1.54, 1.807) is 41.5 Å². The smallest absolute Gasteiger partial charge is 0.413 e. The summed E-state index contributed by atoms with van der Waals surface area (Å²) >= 11 is 6.11. The predicted molar refractivity (Wildman–Crippen MR) is 148 cm³/mol. The van der Waals surface area contributed by atoms with Gasteiger partial charge in [0.25, 0.3) is 5.91 Å². The topological polar surface area (TPSA) is 159 Å². The molecule has 2 aliphatic heterocycles. The molecule has 0 unspecified atom stereocenters. The number of nitrogens with zero attached hydrogens (tertiary/aromatic N) is 5. The van der Waals surface area contributed by atoms with Crippen LogP contribution in [0.3, 0.4) is 0 Å². The number of fused-ring (bicyclic) bond motifs is 1. The lowest BCUT2D eigenvalue weighted by Crippen LogP contribution is -2.61. The quantitative estimate of drug-likeness (QED) is 0.530. The number of carbonyl (C=O) groups is 2. The lowest BCUT2D eigenvalue weighted by Gasteiger charge is -2.44. The predicted octanol–water partition coefficient (Wildman–Crippen LogP) is 4.56. The van der Waals surface area contributed by atoms with Gasteiger partial charge >= 0.3 is 6.09 Å². The fraction of sp³-hybridized carbons (Fsp3) is 0.462. The average Bonchev–Trinajstić information content (AvgIpc) is 3.27. The Hall–Kier alpha value is -3.63. The van der Waals surface area contributed by atoms with Crippen molar-refractivity contribution < 1.29 is 22.9 Å². The van der Waals surface area contributed by atoms with Crippen molar-refractivity contribution in [2.24, 2.45) is 9.36 Å². The van der Waals surface area contributed by atoms with Crippen molar-refractivity contribution in [3.8, 4) is 6.07 Å². The van der Waals surface area contributed by atoms with E-state index >= 15 is 4.39 Å². The number of nitrogens with one attached hydrogen (secondary N) is 2. The third-order valence-corrected chi connectivity index (χ3v) is 10.7. The maximum absolute atomic E-state index is 15.4. The molecule has 0 saturated heterocycles. The monoisotopic (exact) mass is 589 g/mol. The van der Waals surface area contributed by atoms with Crippen LogP contribution in [-0.4, -0.2) is 54.2 Å². The van der Waals surface area contributed by atoms with Gasteiger partial charge in [-0.05, 0) is 66.2 Å². The molecule has 0 radical (unpaired) electrons. The van der Waals surface area contributed by atoms with Gasteiger partial charge in [-0.15, -0.1) is 0 Å². The number of carbonyl (C=O) groups excluding carboxylic acids is 2. The SMILES string of the molecule is CC(C)(C)OC(=O)NC1=N[C@](C)(c2nc(NC(=O)c3ncc(C#N)cc3Cl)ccc2F)[C@H]2CCN=[S@@]2(=O)C1(C)C. The number of hydrogen-bond acceptors (Lipinski definition) is 9. The highest BCUT2D eigenvalue weighted by molar-refractivity contribution is 7.96. The second kappa shape index (κ2) is 10.1. The molecule has 0 bridgehead atoms. The minimum atomic E-state index is -3.10. The summed E-state index contributed by atoms with van der Waals surface area (Å²) in [6.07, 6.45) is 0.746. The van der Waals surface area contributed by atoms with Crippen LogP contribution in [0.1, 0.15) is 69.7 Å². The Balaban J connectivity index is 1.77. The van der Waals surface area contributed by atoms with Crippen LogP contribution in [-0.2, 0) is 20.0 Å². The number of pyridine rings is 2. The van der Waals surface area contributed by atoms with Crippen LogP contribution < -0.4 is 10.6 Å². The summed E-state index contributed by atoms with van der Waals surface area (Å²) < 4.78 is 38.5. The lowest BCUT2D eigenvalue weighted by atomic mass is 9.89. The molecule has 0 spiro atoms. The Morgan fingerprint density at radius 2 is 1.95 bits per heavy atom. The summed E-state index contributed by atoms with van der Waals surface area (Å²) in [4.78, 5) is 38.6. The molecule has 2 aromatic heterocycles. The molecule has 40 heavy (non-hydrogen) atoms. The summed E-state index contributed by atoms with van der Waals surface area (Å²) in [6, 6.07) is 5.54. The average molecular weight is 590 g/mol. The van der Waals surface area contributed by atoms with Gasteiger partial charge in [0.2, 0.25) is 0 Å². The van der Waals surface area contributed by atoms with Crippen molar-refractivity contribution in [2.45, 2.75) is 69.1 Å². The van der Waals surface area contributed by atoms with E-state index in [2.05, 4.69) is 25.0 Å². The maximum Gasteiger partial charge on any atom is 0.413 e. The van der Waals surface area contributed by atoms with Crippen LogP contribution >= 0.6 is 11.6 Å². The number of aliphatic imine (C=N–C) groups is 1. The number of aromatic nitrogens is 2. The van der Waals surface area contributed by atoms with Crippen LogP contribution in [0.15, 0.2) is 33.8 Å². The molecule has 11 nitrogen and oxygen atoms in total. The minimum absolute atomic E-state index is 0.0281. The number of rotatable bonds is 3. The molecule has 2 N–H and O–H groups in total. The molecule has 2 aromatic rings. The Bertz CT molecular complexity index is 1600. The summed E-state index contributed by atoms with van der Waals surface area (Å²) in [5.41, 5.74) is -2.49. The van der Waals surface area contributed by atoms with Gasteiger partial charge in [0, 0.05) is 12.7 Å². The fourth-order valence-electron chi connectivity index (χ4n) is 4.73. The van der Waals surface area contributed by atoms with E-state index in [1.807, 2.05) is 6.07 Å². The van der Waals surface area contributed by atoms with Crippen LogP contribution in [0.25, 0.3) is 0 Å². The minimum Gasteiger partial charge on any atom is -0.444 e. The molecule has 2 aliphatic rings. The van der Waals surface area contributed by atoms with E-state index in [4.69, 9.17) is 26.6 Å². The van der Waals surface area contributed by atoms with Crippen molar-refractivity contribution in [3.63, 3.8) is 0 Å². The third-order valence-electron chi connectivity index (χ3n) is 6.70. The summed E-state index contributed by atoms with van der Waals surface area (Å²) in [5, 5.41) is 13.4. The first-order chi connectivity index (χ1) is 18.5. The Morgan fingerprint density at radius 1 is 1.25 bits per heavy atom. The number of halogens is 2. The van der Waals surface area contributed by atoms with Gasteiger partial charge in [0.1, 0.15) is 50.8 Å². The molecule has 0 aliphatic carbocycles. The molecule has 0 aromatic carbocycles. The largest absolute Gasteiger partial charge is 0.444 e. The standard InChI is InChI=1S/C26H29ClFN7O4S/c1-24(2,3)39-23(37)34-22-25(4,5)40(38)17(9-10-31-40)26(6,35-22)20-16(28)7-8-18(32-20)33-21(36)19-15(27)11-14(12-29)13-30-19/h7-8,11,13,17H,9-10H2,1-6H3,(H,32,33,36)(H,34,35,37)/t17-,26+,40+/m1/s1. The number of amidine groups is 1. The first-order valence-corrected chi connectivity index (χ1v) is 14.3. The second-order valence-electron chi connectivity index (χ2n) is 11.1. The van der Waals surface area contributed by atoms with Gasteiger partial charge in [-0.2, -0.15) is 5.26 Å². The van der Waals surface area contributed by atoms with E-state index in [0.717, 1.165) is 6.07 Å². The summed E-state index contributed by atoms with van der Waals surface area (Å²) in [5.74, 6) is -1.48. The maximum atomic E-state index is 15.4. The highest BCUT2D eigenvalue weighted by Gasteiger charge is 2.58. The molecule has 212 valence electrons. The molecule has 4 rings (SSSR count).